The van der Waals surface area contributed by atoms with E-state index in [1.807, 2.05) is 35.4 Å². The molecule has 2 aromatic carbocycles. The van der Waals surface area contributed by atoms with Gasteiger partial charge in [-0.15, -0.1) is 12.4 Å². The number of amides is 1. The number of carbonyl (C=O) groups is 1. The second-order valence-corrected chi connectivity index (χ2v) is 7.86. The number of para-hydroxylation sites is 1. The molecule has 0 spiro atoms. The number of benzene rings is 2. The predicted octanol–water partition coefficient (Wildman–Crippen LogP) is 4.07. The molecule has 5 nitrogen and oxygen atoms in total. The number of hydrogen-bond acceptors (Lipinski definition) is 3. The molecule has 2 aliphatic heterocycles. The van der Waals surface area contributed by atoms with E-state index in [0.29, 0.717) is 26.2 Å². The van der Waals surface area contributed by atoms with E-state index in [2.05, 4.69) is 4.57 Å². The lowest BCUT2D eigenvalue weighted by atomic mass is 9.88. The maximum Gasteiger partial charge on any atom is 0.256 e. The minimum atomic E-state index is -0.180. The quantitative estimate of drug-likeness (QED) is 0.682. The number of likely N-dealkylation sites (tertiary alicyclic amines) is 1. The summed E-state index contributed by atoms with van der Waals surface area (Å²) in [5.41, 5.74) is 9.10. The van der Waals surface area contributed by atoms with E-state index in [1.165, 1.54) is 6.07 Å². The number of nitrogens with zero attached hydrogens (tertiary/aromatic N) is 2. The number of nitrogens with two attached hydrogens (primary N) is 1. The van der Waals surface area contributed by atoms with Gasteiger partial charge < -0.3 is 19.9 Å². The van der Waals surface area contributed by atoms with Gasteiger partial charge in [0.15, 0.2) is 0 Å². The monoisotopic (exact) mass is 429 g/mol. The van der Waals surface area contributed by atoms with Crippen molar-refractivity contribution < 1.29 is 13.9 Å². The number of halogens is 2. The van der Waals surface area contributed by atoms with Crippen molar-refractivity contribution in [3.05, 3.63) is 65.1 Å². The Hall–Kier alpha value is -2.57. The molecule has 0 saturated carbocycles. The van der Waals surface area contributed by atoms with Gasteiger partial charge in [-0.25, -0.2) is 4.39 Å². The maximum atomic E-state index is 14.3. The molecule has 2 N–H and O–H groups in total. The highest BCUT2D eigenvalue weighted by Crippen LogP contribution is 2.35. The van der Waals surface area contributed by atoms with Gasteiger partial charge in [0, 0.05) is 31.2 Å². The van der Waals surface area contributed by atoms with Crippen molar-refractivity contribution in [1.29, 1.82) is 0 Å². The first-order chi connectivity index (χ1) is 14.2. The largest absolute Gasteiger partial charge is 0.490 e. The van der Waals surface area contributed by atoms with Gasteiger partial charge in [0.2, 0.25) is 0 Å². The molecule has 2 aliphatic rings. The highest BCUT2D eigenvalue weighted by atomic mass is 35.5. The minimum Gasteiger partial charge on any atom is -0.490 e. The lowest BCUT2D eigenvalue weighted by Crippen LogP contribution is -2.38. The molecule has 158 valence electrons. The van der Waals surface area contributed by atoms with Crippen LogP contribution in [0.4, 0.5) is 4.39 Å². The molecule has 0 bridgehead atoms. The van der Waals surface area contributed by atoms with Gasteiger partial charge in [-0.05, 0) is 42.0 Å². The van der Waals surface area contributed by atoms with Crippen LogP contribution in [0.5, 0.6) is 5.75 Å². The van der Waals surface area contributed by atoms with Crippen LogP contribution in [0.1, 0.15) is 40.2 Å². The van der Waals surface area contributed by atoms with Crippen molar-refractivity contribution in [1.82, 2.24) is 9.47 Å². The molecule has 3 aromatic rings. The Labute approximate surface area is 181 Å². The van der Waals surface area contributed by atoms with E-state index in [9.17, 15) is 9.18 Å². The SMILES string of the molecule is Cl.NCc1ccc(F)c(C2CCN(C(=O)c3cn4c5c(cccc35)OCC4)CC2)c1. The van der Waals surface area contributed by atoms with Crippen LogP contribution in [0.2, 0.25) is 0 Å². The van der Waals surface area contributed by atoms with Crippen LogP contribution in [-0.4, -0.2) is 35.1 Å². The summed E-state index contributed by atoms with van der Waals surface area (Å²) in [6, 6.07) is 11.0. The van der Waals surface area contributed by atoms with Gasteiger partial charge in [0.1, 0.15) is 18.2 Å². The Morgan fingerprint density at radius 2 is 1.97 bits per heavy atom. The van der Waals surface area contributed by atoms with Crippen LogP contribution in [0.3, 0.4) is 0 Å². The zero-order valence-electron chi connectivity index (χ0n) is 16.6. The number of rotatable bonds is 3. The average molecular weight is 430 g/mol. The van der Waals surface area contributed by atoms with Crippen molar-refractivity contribution >= 4 is 29.2 Å². The topological polar surface area (TPSA) is 60.5 Å². The van der Waals surface area contributed by atoms with Gasteiger partial charge in [-0.2, -0.15) is 0 Å². The number of carbonyl (C=O) groups excluding carboxylic acids is 1. The smallest absolute Gasteiger partial charge is 0.256 e. The van der Waals surface area contributed by atoms with Crippen molar-refractivity contribution in [3.63, 3.8) is 0 Å². The molecule has 1 aromatic heterocycles. The van der Waals surface area contributed by atoms with Crippen LogP contribution in [0.25, 0.3) is 10.9 Å². The van der Waals surface area contributed by atoms with Gasteiger partial charge in [0.05, 0.1) is 17.6 Å². The van der Waals surface area contributed by atoms with E-state index in [0.717, 1.165) is 52.7 Å². The number of piperidine rings is 1. The van der Waals surface area contributed by atoms with Crippen LogP contribution in [-0.2, 0) is 13.1 Å². The van der Waals surface area contributed by atoms with Crippen molar-refractivity contribution in [2.75, 3.05) is 19.7 Å². The summed E-state index contributed by atoms with van der Waals surface area (Å²) in [6.45, 7) is 3.02. The molecule has 0 radical (unpaired) electrons. The Balaban J connectivity index is 0.00000218. The summed E-state index contributed by atoms with van der Waals surface area (Å²) in [7, 11) is 0. The summed E-state index contributed by atoms with van der Waals surface area (Å²) in [5, 5.41) is 0.941. The summed E-state index contributed by atoms with van der Waals surface area (Å²) < 4.78 is 22.2. The standard InChI is InChI=1S/C23H24FN3O2.ClH/c24-20-5-4-15(13-25)12-18(20)16-6-8-26(9-7-16)23(28)19-14-27-10-11-29-21-3-1-2-17(19)22(21)27;/h1-5,12,14,16H,6-11,13,25H2;1H. The molecule has 0 aliphatic carbocycles. The predicted molar refractivity (Wildman–Crippen MR) is 117 cm³/mol. The third-order valence-electron chi connectivity index (χ3n) is 6.20. The van der Waals surface area contributed by atoms with Crippen LogP contribution in [0, 0.1) is 5.82 Å². The molecular formula is C23H25ClFN3O2. The van der Waals surface area contributed by atoms with Crippen molar-refractivity contribution in [3.8, 4) is 5.75 Å². The highest BCUT2D eigenvalue weighted by Gasteiger charge is 2.29. The van der Waals surface area contributed by atoms with Crippen LogP contribution in [0.15, 0.2) is 42.6 Å². The lowest BCUT2D eigenvalue weighted by molar-refractivity contribution is 0.0714. The summed E-state index contributed by atoms with van der Waals surface area (Å²) in [6.07, 6.45) is 3.46. The van der Waals surface area contributed by atoms with Gasteiger partial charge in [-0.3, -0.25) is 4.79 Å². The average Bonchev–Trinajstić information content (AvgIpc) is 3.15. The zero-order valence-corrected chi connectivity index (χ0v) is 17.5. The number of aromatic nitrogens is 1. The Kier molecular flexibility index (Phi) is 5.71. The van der Waals surface area contributed by atoms with Crippen molar-refractivity contribution in [2.45, 2.75) is 31.8 Å². The molecule has 1 fully saturated rings. The molecule has 30 heavy (non-hydrogen) atoms. The number of hydrogen-bond donors (Lipinski definition) is 1. The Morgan fingerprint density at radius 3 is 2.73 bits per heavy atom. The molecule has 5 rings (SSSR count). The fourth-order valence-corrected chi connectivity index (χ4v) is 4.64. The highest BCUT2D eigenvalue weighted by molar-refractivity contribution is 6.08. The van der Waals surface area contributed by atoms with E-state index in [1.54, 1.807) is 6.07 Å². The Bertz CT molecular complexity index is 1090. The van der Waals surface area contributed by atoms with Crippen LogP contribution >= 0.6 is 12.4 Å². The van der Waals surface area contributed by atoms with Crippen LogP contribution < -0.4 is 10.5 Å². The molecule has 3 heterocycles. The second-order valence-electron chi connectivity index (χ2n) is 7.86. The first-order valence-corrected chi connectivity index (χ1v) is 10.2. The fraction of sp³-hybridized carbons (Fsp3) is 0.348. The molecular weight excluding hydrogens is 405 g/mol. The molecule has 0 atom stereocenters. The zero-order chi connectivity index (χ0) is 20.0. The first-order valence-electron chi connectivity index (χ1n) is 10.2. The van der Waals surface area contributed by atoms with Crippen molar-refractivity contribution in [2.24, 2.45) is 5.73 Å². The van der Waals surface area contributed by atoms with E-state index in [4.69, 9.17) is 10.5 Å². The Morgan fingerprint density at radius 1 is 1.17 bits per heavy atom. The number of ether oxygens (including phenoxy) is 1. The van der Waals surface area contributed by atoms with Gasteiger partial charge in [-0.1, -0.05) is 24.3 Å². The molecule has 0 unspecified atom stereocenters. The van der Waals surface area contributed by atoms with Gasteiger partial charge >= 0.3 is 0 Å². The van der Waals surface area contributed by atoms with E-state index < -0.39 is 0 Å². The fourth-order valence-electron chi connectivity index (χ4n) is 4.64. The molecule has 1 saturated heterocycles. The van der Waals surface area contributed by atoms with E-state index >= 15 is 0 Å². The van der Waals surface area contributed by atoms with Gasteiger partial charge in [0.25, 0.3) is 5.91 Å². The second kappa shape index (κ2) is 8.28. The third-order valence-corrected chi connectivity index (χ3v) is 6.20. The minimum absolute atomic E-state index is 0. The summed E-state index contributed by atoms with van der Waals surface area (Å²) >= 11 is 0. The molecule has 7 heteroatoms. The summed E-state index contributed by atoms with van der Waals surface area (Å²) in [4.78, 5) is 15.2. The molecule has 1 amide bonds. The normalized spacial score (nSPS) is 16.3. The van der Waals surface area contributed by atoms with E-state index in [-0.39, 0.29) is 30.0 Å². The maximum absolute atomic E-state index is 14.3. The third kappa shape index (κ3) is 3.44. The first kappa shape index (κ1) is 20.7. The lowest BCUT2D eigenvalue weighted by Gasteiger charge is -2.32. The summed E-state index contributed by atoms with van der Waals surface area (Å²) in [5.74, 6) is 0.819.